The zero-order chi connectivity index (χ0) is 30.1. The summed E-state index contributed by atoms with van der Waals surface area (Å²) in [6.45, 7) is 4.53. The van der Waals surface area contributed by atoms with Crippen LogP contribution in [0.3, 0.4) is 0 Å². The molecular weight excluding hydrogens is 532 g/mol. The van der Waals surface area contributed by atoms with E-state index in [9.17, 15) is 0 Å². The van der Waals surface area contributed by atoms with Gasteiger partial charge in [-0.25, -0.2) is 4.98 Å². The predicted molar refractivity (Wildman–Crippen MR) is 189 cm³/mol. The van der Waals surface area contributed by atoms with Gasteiger partial charge in [-0.05, 0) is 77.8 Å². The number of benzene rings is 4. The summed E-state index contributed by atoms with van der Waals surface area (Å²) in [5.41, 5.74) is 11.7. The van der Waals surface area contributed by atoms with Gasteiger partial charge < -0.3 is 0 Å². The summed E-state index contributed by atoms with van der Waals surface area (Å²) in [7, 11) is 0. The van der Waals surface area contributed by atoms with Crippen molar-refractivity contribution in [1.82, 2.24) is 9.97 Å². The van der Waals surface area contributed by atoms with Crippen molar-refractivity contribution in [3.63, 3.8) is 0 Å². The molecule has 2 heterocycles. The van der Waals surface area contributed by atoms with Gasteiger partial charge >= 0.3 is 0 Å². The molecular formula is C42H44N2. The van der Waals surface area contributed by atoms with Crippen LogP contribution in [-0.2, 0) is 12.8 Å². The van der Waals surface area contributed by atoms with Crippen molar-refractivity contribution < 1.29 is 0 Å². The van der Waals surface area contributed by atoms with Crippen LogP contribution in [0.2, 0.25) is 0 Å². The lowest BCUT2D eigenvalue weighted by Crippen LogP contribution is -1.96. The first-order valence-corrected chi connectivity index (χ1v) is 16.7. The molecule has 4 aromatic carbocycles. The number of aromatic nitrogens is 2. The summed E-state index contributed by atoms with van der Waals surface area (Å²) in [6.07, 6.45) is 12.2. The van der Waals surface area contributed by atoms with Gasteiger partial charge in [0.2, 0.25) is 0 Å². The Morgan fingerprint density at radius 2 is 1.00 bits per heavy atom. The second-order valence-corrected chi connectivity index (χ2v) is 12.2. The van der Waals surface area contributed by atoms with Gasteiger partial charge in [0.25, 0.3) is 0 Å². The topological polar surface area (TPSA) is 25.8 Å². The van der Waals surface area contributed by atoms with Gasteiger partial charge in [0, 0.05) is 22.0 Å². The number of pyridine rings is 2. The molecule has 0 saturated carbocycles. The fourth-order valence-corrected chi connectivity index (χ4v) is 6.32. The highest BCUT2D eigenvalue weighted by molar-refractivity contribution is 6.07. The van der Waals surface area contributed by atoms with Crippen LogP contribution < -0.4 is 0 Å². The van der Waals surface area contributed by atoms with E-state index in [4.69, 9.17) is 9.97 Å². The molecule has 0 atom stereocenters. The fourth-order valence-electron chi connectivity index (χ4n) is 6.32. The molecule has 0 N–H and O–H groups in total. The van der Waals surface area contributed by atoms with Crippen molar-refractivity contribution in [3.05, 3.63) is 120 Å². The van der Waals surface area contributed by atoms with Crippen molar-refractivity contribution in [2.75, 3.05) is 0 Å². The van der Waals surface area contributed by atoms with Crippen LogP contribution in [0, 0.1) is 0 Å². The minimum atomic E-state index is 1.01. The van der Waals surface area contributed by atoms with Gasteiger partial charge in [0.1, 0.15) is 0 Å². The first-order valence-electron chi connectivity index (χ1n) is 16.7. The van der Waals surface area contributed by atoms with Gasteiger partial charge in [-0.1, -0.05) is 137 Å². The van der Waals surface area contributed by atoms with Gasteiger partial charge in [-0.15, -0.1) is 0 Å². The molecule has 0 radical (unpaired) electrons. The van der Waals surface area contributed by atoms with E-state index in [0.29, 0.717) is 0 Å². The quantitative estimate of drug-likeness (QED) is 0.101. The number of hydrogen-bond acceptors (Lipinski definition) is 2. The molecule has 2 aromatic heterocycles. The zero-order valence-corrected chi connectivity index (χ0v) is 26.4. The van der Waals surface area contributed by atoms with E-state index in [2.05, 4.69) is 123 Å². The Bertz CT molecular complexity index is 1810. The van der Waals surface area contributed by atoms with Gasteiger partial charge in [0.15, 0.2) is 0 Å². The van der Waals surface area contributed by atoms with Crippen molar-refractivity contribution in [2.24, 2.45) is 0 Å². The largest absolute Gasteiger partial charge is 0.253 e. The van der Waals surface area contributed by atoms with Crippen LogP contribution in [0.1, 0.15) is 76.5 Å². The summed E-state index contributed by atoms with van der Waals surface area (Å²) in [4.78, 5) is 10.5. The summed E-state index contributed by atoms with van der Waals surface area (Å²) in [6, 6.07) is 39.7. The maximum atomic E-state index is 5.30. The van der Waals surface area contributed by atoms with E-state index in [0.717, 1.165) is 45.9 Å². The van der Waals surface area contributed by atoms with Gasteiger partial charge in [-0.3, -0.25) is 4.98 Å². The average Bonchev–Trinajstić information content (AvgIpc) is 3.08. The molecule has 0 aliphatic carbocycles. The molecule has 0 unspecified atom stereocenters. The van der Waals surface area contributed by atoms with Crippen LogP contribution in [-0.4, -0.2) is 9.97 Å². The minimum absolute atomic E-state index is 1.01. The normalized spacial score (nSPS) is 11.4. The Balaban J connectivity index is 1.48. The lowest BCUT2D eigenvalue weighted by Gasteiger charge is -2.15. The van der Waals surface area contributed by atoms with E-state index in [1.54, 1.807) is 0 Å². The molecule has 0 amide bonds. The highest BCUT2D eigenvalue weighted by Gasteiger charge is 2.15. The summed E-state index contributed by atoms with van der Waals surface area (Å²) >= 11 is 0. The second-order valence-electron chi connectivity index (χ2n) is 12.2. The van der Waals surface area contributed by atoms with Crippen molar-refractivity contribution in [1.29, 1.82) is 0 Å². The van der Waals surface area contributed by atoms with Gasteiger partial charge in [-0.2, -0.15) is 0 Å². The third-order valence-corrected chi connectivity index (χ3v) is 8.82. The number of aryl methyl sites for hydroxylation is 2. The Hall–Kier alpha value is -4.30. The summed E-state index contributed by atoms with van der Waals surface area (Å²) in [5, 5.41) is 2.31. The van der Waals surface area contributed by atoms with Crippen LogP contribution in [0.5, 0.6) is 0 Å². The standard InChI is InChI=1S/C42H44N2/c1-3-5-7-11-17-31-23-25-34(26-24-31)40-28-37(33-20-14-10-15-21-33)39-29-41-38(30-42(39)44-40)36(32-18-12-9-13-19-32)27-35(43-41)22-16-8-6-4-2/h9-10,12-15,18-21,23-30H,3-8,11,16-17,22H2,1-2H3. The smallest absolute Gasteiger partial charge is 0.0723 e. The zero-order valence-electron chi connectivity index (χ0n) is 26.4. The van der Waals surface area contributed by atoms with Crippen LogP contribution in [0.15, 0.2) is 109 Å². The molecule has 44 heavy (non-hydrogen) atoms. The Kier molecular flexibility index (Phi) is 9.77. The highest BCUT2D eigenvalue weighted by atomic mass is 14.7. The monoisotopic (exact) mass is 576 g/mol. The van der Waals surface area contributed by atoms with Crippen molar-refractivity contribution >= 4 is 21.8 Å². The molecule has 2 nitrogen and oxygen atoms in total. The summed E-state index contributed by atoms with van der Waals surface area (Å²) in [5.74, 6) is 0. The maximum Gasteiger partial charge on any atom is 0.0723 e. The number of nitrogens with zero attached hydrogens (tertiary/aromatic N) is 2. The SMILES string of the molecule is CCCCCCc1ccc(-c2cc(-c3ccccc3)c3cc4nc(CCCCCC)cc(-c5ccccc5)c4cc3n2)cc1. The number of rotatable bonds is 13. The predicted octanol–water partition coefficient (Wildman–Crippen LogP) is 12.0. The summed E-state index contributed by atoms with van der Waals surface area (Å²) < 4.78 is 0. The molecule has 0 aliphatic heterocycles. The molecule has 0 spiro atoms. The van der Waals surface area contributed by atoms with Crippen LogP contribution >= 0.6 is 0 Å². The molecule has 6 rings (SSSR count). The Labute approximate surface area is 263 Å². The van der Waals surface area contributed by atoms with E-state index < -0.39 is 0 Å². The Morgan fingerprint density at radius 3 is 1.59 bits per heavy atom. The lowest BCUT2D eigenvalue weighted by atomic mass is 9.94. The number of hydrogen-bond donors (Lipinski definition) is 0. The molecule has 0 saturated heterocycles. The lowest BCUT2D eigenvalue weighted by molar-refractivity contribution is 0.661. The first-order chi connectivity index (χ1) is 21.7. The molecule has 222 valence electrons. The average molecular weight is 577 g/mol. The van der Waals surface area contributed by atoms with Crippen molar-refractivity contribution in [2.45, 2.75) is 78.1 Å². The van der Waals surface area contributed by atoms with E-state index >= 15 is 0 Å². The molecule has 0 aliphatic rings. The van der Waals surface area contributed by atoms with Crippen molar-refractivity contribution in [3.8, 4) is 33.5 Å². The molecule has 6 aromatic rings. The van der Waals surface area contributed by atoms with E-state index in [1.165, 1.54) is 84.9 Å². The Morgan fingerprint density at radius 1 is 0.455 bits per heavy atom. The fraction of sp³-hybridized carbons (Fsp3) is 0.286. The van der Waals surface area contributed by atoms with E-state index in [-0.39, 0.29) is 0 Å². The minimum Gasteiger partial charge on any atom is -0.253 e. The third-order valence-electron chi connectivity index (χ3n) is 8.82. The highest BCUT2D eigenvalue weighted by Crippen LogP contribution is 2.37. The first kappa shape index (κ1) is 29.8. The van der Waals surface area contributed by atoms with E-state index in [1.807, 2.05) is 0 Å². The molecule has 0 fully saturated rings. The number of unbranched alkanes of at least 4 members (excludes halogenated alkanes) is 6. The van der Waals surface area contributed by atoms with Crippen LogP contribution in [0.25, 0.3) is 55.3 Å². The molecule has 0 bridgehead atoms. The second kappa shape index (κ2) is 14.4. The molecule has 2 heteroatoms. The third kappa shape index (κ3) is 6.91. The maximum absolute atomic E-state index is 5.30. The van der Waals surface area contributed by atoms with Gasteiger partial charge in [0.05, 0.1) is 16.7 Å². The van der Waals surface area contributed by atoms with Crippen LogP contribution in [0.4, 0.5) is 0 Å². The number of fused-ring (bicyclic) bond motifs is 2.